The van der Waals surface area contributed by atoms with E-state index in [1.165, 1.54) is 36.4 Å². The Kier molecular flexibility index (Phi) is 7.57. The van der Waals surface area contributed by atoms with E-state index in [0.717, 1.165) is 5.56 Å². The van der Waals surface area contributed by atoms with Crippen LogP contribution in [0, 0.1) is 11.6 Å². The van der Waals surface area contributed by atoms with Crippen LogP contribution in [0.4, 0.5) is 13.6 Å². The number of hydrogen-bond donors (Lipinski definition) is 1. The summed E-state index contributed by atoms with van der Waals surface area (Å²) in [6.07, 6.45) is 0.216. The number of carbonyl (C=O) groups excluding carboxylic acids is 2. The van der Waals surface area contributed by atoms with Crippen LogP contribution in [0.15, 0.2) is 48.5 Å². The molecule has 3 amide bonds. The standard InChI is InChI=1S/C23H27F2N3O3/c1-16(21(31-2)17-4-8-19(24)9-5-17)26-23(30)28-13-3-12-27(14-15-28)22(29)18-6-10-20(25)11-7-18/h4-11,16,21H,3,12-15H2,1-2H3,(H,26,30). The predicted molar refractivity (Wildman–Crippen MR) is 113 cm³/mol. The number of methoxy groups -OCH3 is 1. The summed E-state index contributed by atoms with van der Waals surface area (Å²) in [5.41, 5.74) is 1.19. The van der Waals surface area contributed by atoms with E-state index in [2.05, 4.69) is 5.32 Å². The first-order chi connectivity index (χ1) is 14.9. The number of halogens is 2. The number of ether oxygens (including phenoxy) is 1. The molecule has 1 fully saturated rings. The third kappa shape index (κ3) is 5.79. The summed E-state index contributed by atoms with van der Waals surface area (Å²) in [6, 6.07) is 10.9. The molecule has 2 unspecified atom stereocenters. The molecule has 0 bridgehead atoms. The molecule has 2 atom stereocenters. The van der Waals surface area contributed by atoms with Gasteiger partial charge < -0.3 is 19.9 Å². The molecule has 2 aromatic carbocycles. The second-order valence-corrected chi connectivity index (χ2v) is 7.59. The zero-order valence-corrected chi connectivity index (χ0v) is 17.7. The van der Waals surface area contributed by atoms with E-state index < -0.39 is 6.10 Å². The summed E-state index contributed by atoms with van der Waals surface area (Å²) in [4.78, 5) is 28.8. The van der Waals surface area contributed by atoms with Crippen LogP contribution in [0.1, 0.15) is 35.4 Å². The molecule has 1 aliphatic heterocycles. The first-order valence-corrected chi connectivity index (χ1v) is 10.3. The van der Waals surface area contributed by atoms with Crippen LogP contribution in [0.25, 0.3) is 0 Å². The Balaban J connectivity index is 1.57. The van der Waals surface area contributed by atoms with Gasteiger partial charge in [0, 0.05) is 38.9 Å². The molecular weight excluding hydrogens is 404 g/mol. The van der Waals surface area contributed by atoms with Gasteiger partial charge in [0.25, 0.3) is 5.91 Å². The third-order valence-corrected chi connectivity index (χ3v) is 5.42. The van der Waals surface area contributed by atoms with Crippen molar-refractivity contribution >= 4 is 11.9 Å². The molecule has 8 heteroatoms. The van der Waals surface area contributed by atoms with Crippen molar-refractivity contribution < 1.29 is 23.1 Å². The van der Waals surface area contributed by atoms with E-state index in [-0.39, 0.29) is 29.6 Å². The molecule has 2 aromatic rings. The maximum absolute atomic E-state index is 13.2. The minimum atomic E-state index is -0.423. The highest BCUT2D eigenvalue weighted by Gasteiger charge is 2.26. The average molecular weight is 431 g/mol. The lowest BCUT2D eigenvalue weighted by atomic mass is 10.0. The molecule has 6 nitrogen and oxygen atoms in total. The van der Waals surface area contributed by atoms with Gasteiger partial charge >= 0.3 is 6.03 Å². The second-order valence-electron chi connectivity index (χ2n) is 7.59. The molecule has 166 valence electrons. The molecular formula is C23H27F2N3O3. The number of amides is 3. The molecule has 31 heavy (non-hydrogen) atoms. The summed E-state index contributed by atoms with van der Waals surface area (Å²) in [5.74, 6) is -0.898. The smallest absolute Gasteiger partial charge is 0.317 e. The van der Waals surface area contributed by atoms with Gasteiger partial charge in [0.15, 0.2) is 0 Å². The SMILES string of the molecule is COC(c1ccc(F)cc1)C(C)NC(=O)N1CCCN(C(=O)c2ccc(F)cc2)CC1. The van der Waals surface area contributed by atoms with Gasteiger partial charge in [-0.1, -0.05) is 12.1 Å². The molecule has 1 aliphatic rings. The Labute approximate surface area is 180 Å². The second kappa shape index (κ2) is 10.3. The predicted octanol–water partition coefficient (Wildman–Crippen LogP) is 3.60. The van der Waals surface area contributed by atoms with Crippen LogP contribution in [0.3, 0.4) is 0 Å². The zero-order valence-electron chi connectivity index (χ0n) is 17.7. The highest BCUT2D eigenvalue weighted by Crippen LogP contribution is 2.21. The highest BCUT2D eigenvalue weighted by molar-refractivity contribution is 5.94. The first kappa shape index (κ1) is 22.7. The van der Waals surface area contributed by atoms with Crippen molar-refractivity contribution in [3.05, 3.63) is 71.3 Å². The summed E-state index contributed by atoms with van der Waals surface area (Å²) >= 11 is 0. The molecule has 1 heterocycles. The van der Waals surface area contributed by atoms with Crippen LogP contribution >= 0.6 is 0 Å². The van der Waals surface area contributed by atoms with E-state index in [9.17, 15) is 18.4 Å². The van der Waals surface area contributed by atoms with E-state index >= 15 is 0 Å². The van der Waals surface area contributed by atoms with Crippen LogP contribution in [-0.4, -0.2) is 61.1 Å². The van der Waals surface area contributed by atoms with Gasteiger partial charge in [-0.2, -0.15) is 0 Å². The van der Waals surface area contributed by atoms with E-state index in [1.807, 2.05) is 6.92 Å². The van der Waals surface area contributed by atoms with Gasteiger partial charge in [-0.25, -0.2) is 13.6 Å². The fourth-order valence-electron chi connectivity index (χ4n) is 3.74. The highest BCUT2D eigenvalue weighted by atomic mass is 19.1. The fraction of sp³-hybridized carbons (Fsp3) is 0.391. The van der Waals surface area contributed by atoms with Gasteiger partial charge in [0.05, 0.1) is 6.04 Å². The molecule has 0 aromatic heterocycles. The molecule has 1 saturated heterocycles. The Morgan fingerprint density at radius 3 is 2.06 bits per heavy atom. The number of benzene rings is 2. The third-order valence-electron chi connectivity index (χ3n) is 5.42. The minimum Gasteiger partial charge on any atom is -0.375 e. The van der Waals surface area contributed by atoms with Crippen molar-refractivity contribution in [1.82, 2.24) is 15.1 Å². The van der Waals surface area contributed by atoms with Crippen LogP contribution in [0.2, 0.25) is 0 Å². The minimum absolute atomic E-state index is 0.175. The molecule has 3 rings (SSSR count). The van der Waals surface area contributed by atoms with Gasteiger partial charge in [-0.15, -0.1) is 0 Å². The largest absolute Gasteiger partial charge is 0.375 e. The van der Waals surface area contributed by atoms with E-state index in [1.54, 1.807) is 29.0 Å². The van der Waals surface area contributed by atoms with Crippen LogP contribution in [0.5, 0.6) is 0 Å². The van der Waals surface area contributed by atoms with Gasteiger partial charge in [-0.05, 0) is 55.3 Å². The number of nitrogens with zero attached hydrogens (tertiary/aromatic N) is 2. The average Bonchev–Trinajstić information content (AvgIpc) is 3.02. The van der Waals surface area contributed by atoms with Crippen molar-refractivity contribution in [1.29, 1.82) is 0 Å². The van der Waals surface area contributed by atoms with Gasteiger partial charge in [0.2, 0.25) is 0 Å². The lowest BCUT2D eigenvalue weighted by Crippen LogP contribution is -2.47. The monoisotopic (exact) mass is 431 g/mol. The summed E-state index contributed by atoms with van der Waals surface area (Å²) < 4.78 is 31.8. The van der Waals surface area contributed by atoms with Gasteiger partial charge in [0.1, 0.15) is 17.7 Å². The van der Waals surface area contributed by atoms with Gasteiger partial charge in [-0.3, -0.25) is 4.79 Å². The summed E-state index contributed by atoms with van der Waals surface area (Å²) in [7, 11) is 1.54. The van der Waals surface area contributed by atoms with Crippen molar-refractivity contribution in [3.8, 4) is 0 Å². The molecule has 1 N–H and O–H groups in total. The Morgan fingerprint density at radius 2 is 1.45 bits per heavy atom. The number of carbonyl (C=O) groups is 2. The van der Waals surface area contributed by atoms with Crippen molar-refractivity contribution in [2.45, 2.75) is 25.5 Å². The van der Waals surface area contributed by atoms with E-state index in [4.69, 9.17) is 4.74 Å². The maximum Gasteiger partial charge on any atom is 0.317 e. The maximum atomic E-state index is 13.2. The lowest BCUT2D eigenvalue weighted by molar-refractivity contribution is 0.0729. The number of nitrogens with one attached hydrogen (secondary N) is 1. The Morgan fingerprint density at radius 1 is 0.903 bits per heavy atom. The lowest BCUT2D eigenvalue weighted by Gasteiger charge is -2.28. The van der Waals surface area contributed by atoms with E-state index in [0.29, 0.717) is 38.2 Å². The zero-order chi connectivity index (χ0) is 22.4. The fourth-order valence-corrected chi connectivity index (χ4v) is 3.74. The number of rotatable bonds is 5. The Hall–Kier alpha value is -3.00. The summed E-state index contributed by atoms with van der Waals surface area (Å²) in [5, 5.41) is 2.95. The van der Waals surface area contributed by atoms with Crippen LogP contribution < -0.4 is 5.32 Å². The molecule has 0 saturated carbocycles. The van der Waals surface area contributed by atoms with Crippen molar-refractivity contribution in [2.24, 2.45) is 0 Å². The summed E-state index contributed by atoms with van der Waals surface area (Å²) in [6.45, 7) is 3.65. The first-order valence-electron chi connectivity index (χ1n) is 10.3. The van der Waals surface area contributed by atoms with Crippen molar-refractivity contribution in [3.63, 3.8) is 0 Å². The molecule has 0 radical (unpaired) electrons. The van der Waals surface area contributed by atoms with Crippen LogP contribution in [-0.2, 0) is 4.74 Å². The normalized spacial score (nSPS) is 16.4. The number of hydrogen-bond acceptors (Lipinski definition) is 3. The quantitative estimate of drug-likeness (QED) is 0.787. The molecule has 0 spiro atoms. The van der Waals surface area contributed by atoms with Crippen molar-refractivity contribution in [2.75, 3.05) is 33.3 Å². The number of urea groups is 1. The topological polar surface area (TPSA) is 61.9 Å². The Bertz CT molecular complexity index is 890. The molecule has 0 aliphatic carbocycles.